The molecule has 29 heavy (non-hydrogen) atoms. The Hall–Kier alpha value is -2.34. The van der Waals surface area contributed by atoms with Crippen molar-refractivity contribution in [3.8, 4) is 0 Å². The lowest BCUT2D eigenvalue weighted by molar-refractivity contribution is -0.138. The molecule has 0 saturated heterocycles. The van der Waals surface area contributed by atoms with E-state index in [0.717, 1.165) is 17.7 Å². The quantitative estimate of drug-likeness (QED) is 0.628. The third-order valence-electron chi connectivity index (χ3n) is 4.73. The highest BCUT2D eigenvalue weighted by Gasteiger charge is 2.25. The van der Waals surface area contributed by atoms with E-state index in [1.807, 2.05) is 19.1 Å². The Morgan fingerprint density at radius 1 is 1.14 bits per heavy atom. The first kappa shape index (κ1) is 22.9. The van der Waals surface area contributed by atoms with Crippen LogP contribution in [0.3, 0.4) is 0 Å². The van der Waals surface area contributed by atoms with Gasteiger partial charge in [-0.15, -0.1) is 11.8 Å². The van der Waals surface area contributed by atoms with Crippen LogP contribution in [0.2, 0.25) is 0 Å². The molecule has 2 aromatic carbocycles. The minimum atomic E-state index is -0.599. The number of aryl methyl sites for hydroxylation is 1. The lowest BCUT2D eigenvalue weighted by Gasteiger charge is -2.28. The van der Waals surface area contributed by atoms with Gasteiger partial charge in [-0.05, 0) is 49.1 Å². The van der Waals surface area contributed by atoms with E-state index in [2.05, 4.69) is 24.4 Å². The van der Waals surface area contributed by atoms with E-state index in [0.29, 0.717) is 6.54 Å². The number of benzene rings is 2. The van der Waals surface area contributed by atoms with E-state index >= 15 is 0 Å². The van der Waals surface area contributed by atoms with Crippen LogP contribution in [0.5, 0.6) is 0 Å². The number of nitrogens with zero attached hydrogens (tertiary/aromatic N) is 1. The van der Waals surface area contributed by atoms with Gasteiger partial charge in [0.05, 0.1) is 5.75 Å². The molecule has 0 bridgehead atoms. The van der Waals surface area contributed by atoms with Crippen LogP contribution in [0.15, 0.2) is 48.5 Å². The summed E-state index contributed by atoms with van der Waals surface area (Å²) in [6.45, 7) is 6.61. The molecule has 4 nitrogen and oxygen atoms in total. The summed E-state index contributed by atoms with van der Waals surface area (Å²) in [7, 11) is 0. The van der Waals surface area contributed by atoms with Gasteiger partial charge in [0.15, 0.2) is 0 Å². The van der Waals surface area contributed by atoms with Crippen molar-refractivity contribution in [3.05, 3.63) is 71.0 Å². The molecule has 1 unspecified atom stereocenters. The van der Waals surface area contributed by atoms with E-state index in [1.165, 1.54) is 35.0 Å². The molecule has 2 aromatic rings. The van der Waals surface area contributed by atoms with Gasteiger partial charge in [0, 0.05) is 18.8 Å². The van der Waals surface area contributed by atoms with Gasteiger partial charge < -0.3 is 10.2 Å². The summed E-state index contributed by atoms with van der Waals surface area (Å²) in [6, 6.07) is 13.5. The number of halogens is 1. The van der Waals surface area contributed by atoms with Crippen LogP contribution in [-0.4, -0.2) is 35.1 Å². The smallest absolute Gasteiger partial charge is 0.242 e. The minimum Gasteiger partial charge on any atom is -0.354 e. The second-order valence-corrected chi connectivity index (χ2v) is 8.02. The Labute approximate surface area is 176 Å². The number of rotatable bonds is 10. The molecule has 0 heterocycles. The van der Waals surface area contributed by atoms with Gasteiger partial charge in [0.1, 0.15) is 11.9 Å². The minimum absolute atomic E-state index is 0.105. The zero-order chi connectivity index (χ0) is 21.2. The molecule has 1 atom stereocenters. The lowest BCUT2D eigenvalue weighted by atomic mass is 10.1. The average Bonchev–Trinajstić information content (AvgIpc) is 2.72. The first-order chi connectivity index (χ1) is 13.9. The monoisotopic (exact) mass is 416 g/mol. The van der Waals surface area contributed by atoms with E-state index in [1.54, 1.807) is 24.0 Å². The van der Waals surface area contributed by atoms with Crippen LogP contribution in [0.25, 0.3) is 0 Å². The Kier molecular flexibility index (Phi) is 9.19. The molecule has 0 aliphatic carbocycles. The summed E-state index contributed by atoms with van der Waals surface area (Å²) in [5.74, 6) is 0.410. The molecule has 0 fully saturated rings. The largest absolute Gasteiger partial charge is 0.354 e. The second kappa shape index (κ2) is 11.6. The van der Waals surface area contributed by atoms with Crippen molar-refractivity contribution >= 4 is 23.6 Å². The van der Waals surface area contributed by atoms with Gasteiger partial charge in [0.25, 0.3) is 0 Å². The van der Waals surface area contributed by atoms with Gasteiger partial charge in [-0.3, -0.25) is 9.59 Å². The third kappa shape index (κ3) is 7.20. The Bertz CT molecular complexity index is 811. The van der Waals surface area contributed by atoms with Crippen molar-refractivity contribution in [2.45, 2.75) is 45.5 Å². The number of nitrogens with one attached hydrogen (secondary N) is 1. The van der Waals surface area contributed by atoms with Gasteiger partial charge in [-0.25, -0.2) is 4.39 Å². The fourth-order valence-corrected chi connectivity index (χ4v) is 3.85. The average molecular weight is 417 g/mol. The Morgan fingerprint density at radius 3 is 2.48 bits per heavy atom. The molecule has 0 aliphatic rings. The molecule has 2 rings (SSSR count). The van der Waals surface area contributed by atoms with Crippen LogP contribution in [0, 0.1) is 12.7 Å². The third-order valence-corrected chi connectivity index (χ3v) is 5.69. The summed E-state index contributed by atoms with van der Waals surface area (Å²) in [5.41, 5.74) is 3.19. The lowest BCUT2D eigenvalue weighted by Crippen LogP contribution is -2.48. The van der Waals surface area contributed by atoms with Crippen molar-refractivity contribution in [2.75, 3.05) is 12.3 Å². The molecule has 0 aromatic heterocycles. The van der Waals surface area contributed by atoms with Crippen LogP contribution in [0.1, 0.15) is 37.0 Å². The van der Waals surface area contributed by atoms with Gasteiger partial charge in [-0.2, -0.15) is 0 Å². The number of hydrogen-bond acceptors (Lipinski definition) is 3. The predicted molar refractivity (Wildman–Crippen MR) is 117 cm³/mol. The van der Waals surface area contributed by atoms with Crippen molar-refractivity contribution < 1.29 is 14.0 Å². The van der Waals surface area contributed by atoms with Crippen LogP contribution in [-0.2, 0) is 21.9 Å². The highest BCUT2D eigenvalue weighted by Crippen LogP contribution is 2.18. The molecular formula is C23H29FN2O2S. The molecule has 156 valence electrons. The highest BCUT2D eigenvalue weighted by atomic mass is 32.2. The van der Waals surface area contributed by atoms with Crippen molar-refractivity contribution in [1.82, 2.24) is 10.2 Å². The van der Waals surface area contributed by atoms with Crippen molar-refractivity contribution in [2.24, 2.45) is 0 Å². The molecule has 0 spiro atoms. The predicted octanol–water partition coefficient (Wildman–Crippen LogP) is 4.31. The number of amides is 2. The Balaban J connectivity index is 2.05. The summed E-state index contributed by atoms with van der Waals surface area (Å²) < 4.78 is 13.2. The molecule has 0 aliphatic heterocycles. The molecule has 0 radical (unpaired) electrons. The highest BCUT2D eigenvalue weighted by molar-refractivity contribution is 7.99. The van der Waals surface area contributed by atoms with Crippen LogP contribution >= 0.6 is 11.8 Å². The number of carbonyl (C=O) groups excluding carboxylic acids is 2. The maximum atomic E-state index is 13.2. The van der Waals surface area contributed by atoms with Gasteiger partial charge in [0.2, 0.25) is 11.8 Å². The number of hydrogen-bond donors (Lipinski definition) is 1. The van der Waals surface area contributed by atoms with E-state index < -0.39 is 6.04 Å². The van der Waals surface area contributed by atoms with Crippen molar-refractivity contribution in [1.29, 1.82) is 0 Å². The summed E-state index contributed by atoms with van der Waals surface area (Å²) in [5, 5.41) is 2.85. The molecular weight excluding hydrogens is 387 g/mol. The molecule has 6 heteroatoms. The van der Waals surface area contributed by atoms with E-state index in [9.17, 15) is 14.0 Å². The normalized spacial score (nSPS) is 11.7. The fourth-order valence-electron chi connectivity index (χ4n) is 2.87. The van der Waals surface area contributed by atoms with E-state index in [4.69, 9.17) is 0 Å². The topological polar surface area (TPSA) is 49.4 Å². The summed E-state index contributed by atoms with van der Waals surface area (Å²) >= 11 is 1.53. The van der Waals surface area contributed by atoms with Gasteiger partial charge >= 0.3 is 0 Å². The van der Waals surface area contributed by atoms with Crippen LogP contribution < -0.4 is 5.32 Å². The number of carbonyl (C=O) groups is 2. The Morgan fingerprint density at radius 2 is 1.83 bits per heavy atom. The summed E-state index contributed by atoms with van der Waals surface area (Å²) in [4.78, 5) is 27.0. The first-order valence-corrected chi connectivity index (χ1v) is 11.0. The zero-order valence-corrected chi connectivity index (χ0v) is 18.1. The number of thioether (sulfide) groups is 1. The molecule has 0 saturated carbocycles. The first-order valence-electron chi connectivity index (χ1n) is 9.86. The standard InChI is InChI=1S/C23H29FN2O2S/c1-4-13-25-23(28)18(3)26(14-19-9-11-21(24)12-10-19)22(27)16-29-15-20-8-6-5-7-17(20)2/h5-12,18H,4,13-16H2,1-3H3,(H,25,28). The molecule has 1 N–H and O–H groups in total. The van der Waals surface area contributed by atoms with Crippen LogP contribution in [0.4, 0.5) is 4.39 Å². The molecule has 2 amide bonds. The maximum absolute atomic E-state index is 13.2. The zero-order valence-electron chi connectivity index (χ0n) is 17.3. The maximum Gasteiger partial charge on any atom is 0.242 e. The van der Waals surface area contributed by atoms with E-state index in [-0.39, 0.29) is 29.9 Å². The SMILES string of the molecule is CCCNC(=O)C(C)N(Cc1ccc(F)cc1)C(=O)CSCc1ccccc1C. The van der Waals surface area contributed by atoms with Crippen molar-refractivity contribution in [3.63, 3.8) is 0 Å². The summed E-state index contributed by atoms with van der Waals surface area (Å²) in [6.07, 6.45) is 0.830. The second-order valence-electron chi connectivity index (χ2n) is 7.03. The fraction of sp³-hybridized carbons (Fsp3) is 0.391. The van der Waals surface area contributed by atoms with Gasteiger partial charge in [-0.1, -0.05) is 43.3 Å².